The smallest absolute Gasteiger partial charge is 0.393 e. The number of carbonyl (C=O) groups excluding carboxylic acids is 1. The van der Waals surface area contributed by atoms with E-state index in [9.17, 15) is 41.0 Å². The fourth-order valence-corrected chi connectivity index (χ4v) is 4.53. The highest BCUT2D eigenvalue weighted by atomic mass is 32.2. The first-order chi connectivity index (χ1) is 18.9. The first-order valence-electron chi connectivity index (χ1n) is 11.9. The predicted octanol–water partition coefficient (Wildman–Crippen LogP) is 4.34. The van der Waals surface area contributed by atoms with E-state index in [1.807, 2.05) is 0 Å². The fourth-order valence-electron chi connectivity index (χ4n) is 3.99. The van der Waals surface area contributed by atoms with Gasteiger partial charge in [-0.1, -0.05) is 6.92 Å². The maximum absolute atomic E-state index is 14.3. The number of pyridine rings is 1. The van der Waals surface area contributed by atoms with Gasteiger partial charge in [-0.05, 0) is 47.5 Å². The van der Waals surface area contributed by atoms with Crippen molar-refractivity contribution in [2.24, 2.45) is 0 Å². The fraction of sp³-hybridized carbons (Fsp3) is 0.269. The lowest BCUT2D eigenvalue weighted by molar-refractivity contribution is -0.127. The maximum Gasteiger partial charge on any atom is 0.393 e. The second-order valence-electron chi connectivity index (χ2n) is 9.12. The molecule has 0 bridgehead atoms. The third-order valence-electron chi connectivity index (χ3n) is 6.09. The molecule has 0 aliphatic carbocycles. The van der Waals surface area contributed by atoms with Crippen molar-refractivity contribution < 1.29 is 41.0 Å². The molecule has 0 atom stereocenters. The van der Waals surface area contributed by atoms with Gasteiger partial charge in [-0.2, -0.15) is 13.2 Å². The molecule has 41 heavy (non-hydrogen) atoms. The molecular weight excluding hydrogens is 570 g/mol. The van der Waals surface area contributed by atoms with Crippen LogP contribution in [0.5, 0.6) is 11.5 Å². The van der Waals surface area contributed by atoms with Crippen LogP contribution >= 0.6 is 0 Å². The summed E-state index contributed by atoms with van der Waals surface area (Å²) in [6.45, 7) is 1.25. The highest BCUT2D eigenvalue weighted by Crippen LogP contribution is 2.36. The normalized spacial score (nSPS) is 11.8. The van der Waals surface area contributed by atoms with Crippen molar-refractivity contribution in [2.75, 3.05) is 28.7 Å². The molecule has 0 aliphatic rings. The topological polar surface area (TPSA) is 170 Å². The van der Waals surface area contributed by atoms with Gasteiger partial charge in [0.05, 0.1) is 29.6 Å². The van der Waals surface area contributed by atoms with E-state index in [0.29, 0.717) is 12.1 Å². The summed E-state index contributed by atoms with van der Waals surface area (Å²) in [5.74, 6) is -3.30. The standard InChI is InChI=1S/C26H27F4N5O5S/c1-4-21(37)24(32)23-18(31)10-19(16-9-17(27)22(38)8-13(16)11-26(28,29)30)34-25(23)33-12-14-7-15(36)5-6-20(14)35(2)41(3,39)40/h5-10,32,36,38H,4,11-12H2,1-3H3,(H3,31,33,34). The minimum atomic E-state index is -4.72. The van der Waals surface area contributed by atoms with Crippen LogP contribution in [0.2, 0.25) is 0 Å². The van der Waals surface area contributed by atoms with Crippen molar-refractivity contribution in [2.45, 2.75) is 32.5 Å². The van der Waals surface area contributed by atoms with E-state index < -0.39 is 51.2 Å². The van der Waals surface area contributed by atoms with E-state index >= 15 is 0 Å². The number of halogens is 4. The van der Waals surface area contributed by atoms with Crippen LogP contribution in [0.15, 0.2) is 36.4 Å². The van der Waals surface area contributed by atoms with Crippen LogP contribution in [0, 0.1) is 11.2 Å². The average Bonchev–Trinajstić information content (AvgIpc) is 2.86. The Morgan fingerprint density at radius 1 is 1.15 bits per heavy atom. The number of nitrogens with two attached hydrogens (primary N) is 1. The van der Waals surface area contributed by atoms with E-state index in [1.165, 1.54) is 32.2 Å². The molecule has 0 unspecified atom stereocenters. The van der Waals surface area contributed by atoms with Gasteiger partial charge in [0, 0.05) is 31.3 Å². The zero-order valence-corrected chi connectivity index (χ0v) is 22.9. The number of rotatable bonds is 10. The first-order valence-corrected chi connectivity index (χ1v) is 13.8. The van der Waals surface area contributed by atoms with Gasteiger partial charge < -0.3 is 21.3 Å². The SMILES string of the molecule is CCC(=O)C(=N)c1c(N)cc(-c2cc(F)c(O)cc2CC(F)(F)F)nc1NCc1cc(O)ccc1N(C)S(C)(=O)=O. The molecule has 0 saturated carbocycles. The number of phenols is 2. The van der Waals surface area contributed by atoms with E-state index in [-0.39, 0.29) is 58.3 Å². The molecule has 0 saturated heterocycles. The van der Waals surface area contributed by atoms with Crippen molar-refractivity contribution in [1.29, 1.82) is 5.41 Å². The molecule has 15 heteroatoms. The number of hydrogen-bond acceptors (Lipinski definition) is 9. The number of nitrogens with zero attached hydrogens (tertiary/aromatic N) is 2. The number of Topliss-reactive ketones (excluding diaryl/α,β-unsaturated/α-hetero) is 1. The Morgan fingerprint density at radius 3 is 2.39 bits per heavy atom. The lowest BCUT2D eigenvalue weighted by Gasteiger charge is -2.22. The van der Waals surface area contributed by atoms with Gasteiger partial charge in [-0.3, -0.25) is 14.5 Å². The second-order valence-corrected chi connectivity index (χ2v) is 11.1. The number of nitrogens with one attached hydrogen (secondary N) is 2. The summed E-state index contributed by atoms with van der Waals surface area (Å²) in [5.41, 5.74) is 4.47. The third-order valence-corrected chi connectivity index (χ3v) is 7.28. The molecule has 10 nitrogen and oxygen atoms in total. The lowest BCUT2D eigenvalue weighted by atomic mass is 9.97. The van der Waals surface area contributed by atoms with Crippen molar-refractivity contribution >= 4 is 38.7 Å². The highest BCUT2D eigenvalue weighted by molar-refractivity contribution is 7.92. The molecule has 0 fully saturated rings. The average molecular weight is 598 g/mol. The number of carbonyl (C=O) groups is 1. The molecule has 2 aromatic carbocycles. The molecular formula is C26H27F4N5O5S. The second kappa shape index (κ2) is 11.6. The van der Waals surface area contributed by atoms with Crippen molar-refractivity contribution in [3.05, 3.63) is 58.9 Å². The Balaban J connectivity index is 2.21. The monoisotopic (exact) mass is 597 g/mol. The molecule has 1 heterocycles. The van der Waals surface area contributed by atoms with Crippen LogP contribution in [-0.2, 0) is 27.8 Å². The minimum absolute atomic E-state index is 0.0752. The van der Waals surface area contributed by atoms with Crippen molar-refractivity contribution in [1.82, 2.24) is 4.98 Å². The Hall–Kier alpha value is -4.40. The molecule has 0 spiro atoms. The van der Waals surface area contributed by atoms with Crippen LogP contribution < -0.4 is 15.4 Å². The zero-order valence-electron chi connectivity index (χ0n) is 22.1. The van der Waals surface area contributed by atoms with Gasteiger partial charge >= 0.3 is 6.18 Å². The summed E-state index contributed by atoms with van der Waals surface area (Å²) < 4.78 is 79.4. The van der Waals surface area contributed by atoms with Gasteiger partial charge in [0.15, 0.2) is 17.3 Å². The summed E-state index contributed by atoms with van der Waals surface area (Å²) in [5, 5.41) is 30.9. The summed E-state index contributed by atoms with van der Waals surface area (Å²) >= 11 is 0. The van der Waals surface area contributed by atoms with Gasteiger partial charge in [-0.15, -0.1) is 0 Å². The third kappa shape index (κ3) is 7.22. The minimum Gasteiger partial charge on any atom is -0.508 e. The Labute approximate surface area is 233 Å². The molecule has 0 radical (unpaired) electrons. The summed E-state index contributed by atoms with van der Waals surface area (Å²) in [4.78, 5) is 16.7. The van der Waals surface area contributed by atoms with Gasteiger partial charge in [0.25, 0.3) is 0 Å². The number of benzene rings is 2. The number of aromatic hydroxyl groups is 2. The Morgan fingerprint density at radius 2 is 1.80 bits per heavy atom. The number of anilines is 3. The van der Waals surface area contributed by atoms with E-state index in [1.54, 1.807) is 0 Å². The number of sulfonamides is 1. The maximum atomic E-state index is 14.3. The van der Waals surface area contributed by atoms with Crippen LogP contribution in [-0.4, -0.2) is 54.6 Å². The molecule has 220 valence electrons. The van der Waals surface area contributed by atoms with E-state index in [0.717, 1.165) is 16.6 Å². The summed E-state index contributed by atoms with van der Waals surface area (Å²) in [6, 6.07) is 6.24. The number of phenolic OH excluding ortho intramolecular Hbond substituents is 2. The van der Waals surface area contributed by atoms with Crippen LogP contribution in [0.1, 0.15) is 30.0 Å². The number of ketones is 1. The molecule has 0 aliphatic heterocycles. The first kappa shape index (κ1) is 31.1. The number of alkyl halides is 3. The Kier molecular flexibility index (Phi) is 8.81. The van der Waals surface area contributed by atoms with Crippen LogP contribution in [0.25, 0.3) is 11.3 Å². The quantitative estimate of drug-likeness (QED) is 0.170. The molecule has 0 amide bonds. The lowest BCUT2D eigenvalue weighted by Crippen LogP contribution is -2.26. The summed E-state index contributed by atoms with van der Waals surface area (Å²) in [6.07, 6.45) is -5.36. The van der Waals surface area contributed by atoms with E-state index in [2.05, 4.69) is 10.3 Å². The van der Waals surface area contributed by atoms with Gasteiger partial charge in [0.2, 0.25) is 10.0 Å². The van der Waals surface area contributed by atoms with Gasteiger partial charge in [-0.25, -0.2) is 17.8 Å². The van der Waals surface area contributed by atoms with Gasteiger partial charge in [0.1, 0.15) is 17.3 Å². The molecule has 1 aromatic heterocycles. The van der Waals surface area contributed by atoms with Crippen molar-refractivity contribution in [3.63, 3.8) is 0 Å². The van der Waals surface area contributed by atoms with Crippen molar-refractivity contribution in [3.8, 4) is 22.8 Å². The molecule has 3 aromatic rings. The van der Waals surface area contributed by atoms with Crippen LogP contribution in [0.3, 0.4) is 0 Å². The number of nitrogen functional groups attached to an aromatic ring is 1. The largest absolute Gasteiger partial charge is 0.508 e. The zero-order chi connectivity index (χ0) is 30.9. The molecule has 6 N–H and O–H groups in total. The summed E-state index contributed by atoms with van der Waals surface area (Å²) in [7, 11) is -2.44. The number of aromatic nitrogens is 1. The van der Waals surface area contributed by atoms with E-state index in [4.69, 9.17) is 11.1 Å². The van der Waals surface area contributed by atoms with Crippen LogP contribution in [0.4, 0.5) is 34.8 Å². The Bertz CT molecular complexity index is 1630. The predicted molar refractivity (Wildman–Crippen MR) is 146 cm³/mol. The highest BCUT2D eigenvalue weighted by Gasteiger charge is 2.31. The number of hydrogen-bond donors (Lipinski definition) is 5. The molecule has 3 rings (SSSR count).